The Morgan fingerprint density at radius 1 is 1.12 bits per heavy atom. The van der Waals surface area contributed by atoms with E-state index < -0.39 is 12.0 Å². The third-order valence-corrected chi connectivity index (χ3v) is 6.87. The molecule has 1 aromatic carbocycles. The van der Waals surface area contributed by atoms with Gasteiger partial charge in [-0.3, -0.25) is 4.79 Å². The van der Waals surface area contributed by atoms with Crippen molar-refractivity contribution in [1.29, 1.82) is 0 Å². The highest BCUT2D eigenvalue weighted by Gasteiger charge is 2.28. The molecule has 8 heteroatoms. The highest BCUT2D eigenvalue weighted by molar-refractivity contribution is 6.04. The van der Waals surface area contributed by atoms with Crippen molar-refractivity contribution in [1.82, 2.24) is 14.9 Å². The van der Waals surface area contributed by atoms with E-state index in [0.29, 0.717) is 11.5 Å². The lowest BCUT2D eigenvalue weighted by molar-refractivity contribution is 0.102. The minimum atomic E-state index is -0.907. The summed E-state index contributed by atoms with van der Waals surface area (Å²) in [5, 5.41) is 2.95. The Morgan fingerprint density at radius 2 is 1.88 bits per heavy atom. The molecule has 0 bridgehead atoms. The van der Waals surface area contributed by atoms with Crippen LogP contribution in [0.1, 0.15) is 44.1 Å². The molecule has 2 aliphatic rings. The van der Waals surface area contributed by atoms with Gasteiger partial charge >= 0.3 is 6.08 Å². The van der Waals surface area contributed by atoms with Crippen LogP contribution in [0.15, 0.2) is 30.5 Å². The van der Waals surface area contributed by atoms with Crippen LogP contribution in [0.25, 0.3) is 0 Å². The molecule has 7 nitrogen and oxygen atoms in total. The molecule has 1 N–H and O–H groups in total. The average molecular weight is 441 g/mol. The van der Waals surface area contributed by atoms with Crippen LogP contribution in [0.2, 0.25) is 0 Å². The first-order chi connectivity index (χ1) is 15.2. The number of piperidine rings is 1. The molecule has 1 aromatic heterocycles. The summed E-state index contributed by atoms with van der Waals surface area (Å²) in [6.45, 7) is 11.7. The molecule has 2 aromatic rings. The van der Waals surface area contributed by atoms with E-state index in [1.165, 1.54) is 12.3 Å². The molecule has 2 saturated heterocycles. The van der Waals surface area contributed by atoms with Crippen molar-refractivity contribution >= 4 is 23.0 Å². The zero-order valence-electron chi connectivity index (χ0n) is 19.4. The van der Waals surface area contributed by atoms with Crippen molar-refractivity contribution in [2.45, 2.75) is 39.7 Å². The molecule has 4 rings (SSSR count). The van der Waals surface area contributed by atoms with E-state index in [9.17, 15) is 9.18 Å². The second-order valence-electron chi connectivity index (χ2n) is 9.79. The van der Waals surface area contributed by atoms with E-state index in [2.05, 4.69) is 69.9 Å². The topological polar surface area (TPSA) is 64.6 Å². The molecule has 1 atom stereocenters. The average Bonchev–Trinajstić information content (AvgIpc) is 2.76. The number of piperazine rings is 1. The van der Waals surface area contributed by atoms with Crippen LogP contribution < -0.4 is 15.1 Å². The van der Waals surface area contributed by atoms with Gasteiger partial charge in [-0.2, -0.15) is 9.37 Å². The molecule has 1 unspecified atom stereocenters. The standard InChI is InChI=1S/C24H33FN6O/c1-17-16-31(14-13-29(17)4)18-5-6-19(27-22(32)20-7-10-26-23(25)28-20)21(15-18)30-11-8-24(2,3)9-12-30/h5-7,10,15,17H,8-9,11-14,16H2,1-4H3,(H,27,32). The Labute approximate surface area is 189 Å². The van der Waals surface area contributed by atoms with Crippen LogP contribution >= 0.6 is 0 Å². The smallest absolute Gasteiger partial charge is 0.309 e. The van der Waals surface area contributed by atoms with Gasteiger partial charge in [0.05, 0.1) is 11.4 Å². The summed E-state index contributed by atoms with van der Waals surface area (Å²) in [6.07, 6.45) is 2.53. The van der Waals surface area contributed by atoms with Gasteiger partial charge in [0.25, 0.3) is 5.91 Å². The van der Waals surface area contributed by atoms with E-state index >= 15 is 0 Å². The zero-order chi connectivity index (χ0) is 22.9. The third kappa shape index (κ3) is 5.01. The van der Waals surface area contributed by atoms with E-state index in [1.54, 1.807) is 0 Å². The van der Waals surface area contributed by atoms with E-state index in [1.807, 2.05) is 6.07 Å². The lowest BCUT2D eigenvalue weighted by atomic mass is 9.82. The fraction of sp³-hybridized carbons (Fsp3) is 0.542. The molecule has 0 saturated carbocycles. The van der Waals surface area contributed by atoms with Crippen LogP contribution in [0, 0.1) is 11.5 Å². The number of rotatable bonds is 4. The van der Waals surface area contributed by atoms with Gasteiger partial charge in [0.2, 0.25) is 0 Å². The number of nitrogens with one attached hydrogen (secondary N) is 1. The summed E-state index contributed by atoms with van der Waals surface area (Å²) in [5.41, 5.74) is 3.23. The van der Waals surface area contributed by atoms with Gasteiger partial charge in [0.1, 0.15) is 5.69 Å². The van der Waals surface area contributed by atoms with E-state index in [-0.39, 0.29) is 5.69 Å². The summed E-state index contributed by atoms with van der Waals surface area (Å²) in [4.78, 5) is 27.0. The minimum Gasteiger partial charge on any atom is -0.370 e. The summed E-state index contributed by atoms with van der Waals surface area (Å²) < 4.78 is 13.4. The SMILES string of the molecule is CC1CN(c2ccc(NC(=O)c3ccnc(F)n3)c(N3CCC(C)(C)CC3)c2)CCN1C. The van der Waals surface area contributed by atoms with E-state index in [0.717, 1.165) is 62.6 Å². The maximum Gasteiger partial charge on any atom is 0.309 e. The molecule has 0 aliphatic carbocycles. The Hall–Kier alpha value is -2.74. The highest BCUT2D eigenvalue weighted by Crippen LogP contribution is 2.37. The fourth-order valence-corrected chi connectivity index (χ4v) is 4.37. The first-order valence-electron chi connectivity index (χ1n) is 11.4. The van der Waals surface area contributed by atoms with Crippen LogP contribution in [0.5, 0.6) is 0 Å². The lowest BCUT2D eigenvalue weighted by Crippen LogP contribution is -2.50. The normalized spacial score (nSPS) is 21.5. The number of amides is 1. The Morgan fingerprint density at radius 3 is 2.56 bits per heavy atom. The maximum absolute atomic E-state index is 13.4. The van der Waals surface area contributed by atoms with Gasteiger partial charge in [0.15, 0.2) is 0 Å². The number of aromatic nitrogens is 2. The first-order valence-corrected chi connectivity index (χ1v) is 11.4. The number of hydrogen-bond donors (Lipinski definition) is 1. The van der Waals surface area contributed by atoms with Crippen LogP contribution in [-0.2, 0) is 0 Å². The summed E-state index contributed by atoms with van der Waals surface area (Å²) in [7, 11) is 2.16. The highest BCUT2D eigenvalue weighted by atomic mass is 19.1. The van der Waals surface area contributed by atoms with E-state index in [4.69, 9.17) is 0 Å². The van der Waals surface area contributed by atoms with Crippen molar-refractivity contribution in [3.05, 3.63) is 42.2 Å². The number of hydrogen-bond acceptors (Lipinski definition) is 6. The number of carbonyl (C=O) groups excluding carboxylic acids is 1. The number of likely N-dealkylation sites (N-methyl/N-ethyl adjacent to an activating group) is 1. The van der Waals surface area contributed by atoms with Gasteiger partial charge < -0.3 is 20.0 Å². The van der Waals surface area contributed by atoms with Gasteiger partial charge in [-0.05, 0) is 56.5 Å². The lowest BCUT2D eigenvalue weighted by Gasteiger charge is -2.41. The van der Waals surface area contributed by atoms with Gasteiger partial charge in [-0.25, -0.2) is 4.98 Å². The first kappa shape index (κ1) is 22.5. The predicted octanol–water partition coefficient (Wildman–Crippen LogP) is 3.63. The quantitative estimate of drug-likeness (QED) is 0.733. The number of anilines is 3. The number of carbonyl (C=O) groups is 1. The van der Waals surface area contributed by atoms with Gasteiger partial charge in [0, 0.05) is 50.6 Å². The maximum atomic E-state index is 13.4. The molecule has 2 fully saturated rings. The zero-order valence-corrected chi connectivity index (χ0v) is 19.4. The molecule has 0 spiro atoms. The fourth-order valence-electron chi connectivity index (χ4n) is 4.37. The number of halogens is 1. The van der Waals surface area contributed by atoms with Crippen molar-refractivity contribution in [3.63, 3.8) is 0 Å². The number of nitrogens with zero attached hydrogens (tertiary/aromatic N) is 5. The van der Waals surface area contributed by atoms with Crippen molar-refractivity contribution in [3.8, 4) is 0 Å². The summed E-state index contributed by atoms with van der Waals surface area (Å²) in [5.74, 6) is -0.439. The summed E-state index contributed by atoms with van der Waals surface area (Å²) >= 11 is 0. The molecule has 32 heavy (non-hydrogen) atoms. The molecule has 0 radical (unpaired) electrons. The molecular formula is C24H33FN6O. The number of benzene rings is 1. The Balaban J connectivity index is 1.62. The van der Waals surface area contributed by atoms with Crippen LogP contribution in [-0.4, -0.2) is 66.6 Å². The van der Waals surface area contributed by atoms with Gasteiger partial charge in [-0.15, -0.1) is 0 Å². The van der Waals surface area contributed by atoms with Crippen molar-refractivity contribution in [2.75, 3.05) is 54.9 Å². The Kier molecular flexibility index (Phi) is 6.33. The second-order valence-corrected chi connectivity index (χ2v) is 9.79. The van der Waals surface area contributed by atoms with Crippen LogP contribution in [0.3, 0.4) is 0 Å². The monoisotopic (exact) mass is 440 g/mol. The van der Waals surface area contributed by atoms with Crippen molar-refractivity contribution in [2.24, 2.45) is 5.41 Å². The Bertz CT molecular complexity index is 971. The van der Waals surface area contributed by atoms with Gasteiger partial charge in [-0.1, -0.05) is 13.8 Å². The molecule has 2 aliphatic heterocycles. The van der Waals surface area contributed by atoms with Crippen LogP contribution in [0.4, 0.5) is 21.5 Å². The molecule has 3 heterocycles. The third-order valence-electron chi connectivity index (χ3n) is 6.87. The summed E-state index contributed by atoms with van der Waals surface area (Å²) in [6, 6.07) is 8.11. The largest absolute Gasteiger partial charge is 0.370 e. The van der Waals surface area contributed by atoms with Crippen molar-refractivity contribution < 1.29 is 9.18 Å². The predicted molar refractivity (Wildman–Crippen MR) is 126 cm³/mol. The molecule has 1 amide bonds. The molecule has 172 valence electrons. The minimum absolute atomic E-state index is 0.0141. The second kappa shape index (κ2) is 9.02. The molecular weight excluding hydrogens is 407 g/mol.